The average Bonchev–Trinajstić information content (AvgIpc) is 3.06. The van der Waals surface area contributed by atoms with E-state index in [9.17, 15) is 4.79 Å². The van der Waals surface area contributed by atoms with Crippen LogP contribution in [0.25, 0.3) is 0 Å². The molecule has 0 radical (unpaired) electrons. The maximum absolute atomic E-state index is 12.9. The highest BCUT2D eigenvalue weighted by Crippen LogP contribution is 2.34. The fraction of sp³-hybridized carbons (Fsp3) is 0.350. The number of hydrogen-bond acceptors (Lipinski definition) is 1. The molecule has 3 rings (SSSR count). The van der Waals surface area contributed by atoms with Gasteiger partial charge in [-0.2, -0.15) is 0 Å². The van der Waals surface area contributed by atoms with E-state index >= 15 is 0 Å². The molecule has 1 unspecified atom stereocenters. The Kier molecular flexibility index (Phi) is 5.10. The predicted octanol–water partition coefficient (Wildman–Crippen LogP) is 5.58. The van der Waals surface area contributed by atoms with Crippen LogP contribution >= 0.6 is 11.6 Å². The Bertz CT molecular complexity index is 744. The zero-order valence-electron chi connectivity index (χ0n) is 14.2. The van der Waals surface area contributed by atoms with Gasteiger partial charge in [-0.05, 0) is 55.0 Å². The number of likely N-dealkylation sites (tertiary alicyclic amines) is 1. The maximum Gasteiger partial charge on any atom is 0.322 e. The van der Waals surface area contributed by atoms with E-state index in [1.54, 1.807) is 0 Å². The van der Waals surface area contributed by atoms with Gasteiger partial charge in [0.1, 0.15) is 0 Å². The molecule has 2 aromatic rings. The Hall–Kier alpha value is -2.00. The van der Waals surface area contributed by atoms with E-state index in [0.29, 0.717) is 5.02 Å². The molecule has 0 saturated carbocycles. The molecule has 1 aliphatic rings. The van der Waals surface area contributed by atoms with Gasteiger partial charge in [-0.15, -0.1) is 0 Å². The van der Waals surface area contributed by atoms with Gasteiger partial charge in [0.2, 0.25) is 0 Å². The molecule has 1 heterocycles. The van der Waals surface area contributed by atoms with Crippen LogP contribution in [0.2, 0.25) is 5.02 Å². The Labute approximate surface area is 148 Å². The van der Waals surface area contributed by atoms with E-state index in [0.717, 1.165) is 42.6 Å². The Morgan fingerprint density at radius 3 is 2.83 bits per heavy atom. The molecule has 1 N–H and O–H groups in total. The van der Waals surface area contributed by atoms with Crippen LogP contribution in [0.1, 0.15) is 42.5 Å². The van der Waals surface area contributed by atoms with Crippen LogP contribution in [0.15, 0.2) is 42.5 Å². The minimum Gasteiger partial charge on any atom is -0.317 e. The normalized spacial score (nSPS) is 17.1. The molecule has 1 aliphatic heterocycles. The first-order valence-corrected chi connectivity index (χ1v) is 8.89. The number of anilines is 1. The first kappa shape index (κ1) is 16.8. The largest absolute Gasteiger partial charge is 0.322 e. The van der Waals surface area contributed by atoms with E-state index in [1.165, 1.54) is 5.56 Å². The zero-order chi connectivity index (χ0) is 17.1. The number of amides is 2. The molecule has 0 spiro atoms. The molecule has 0 aromatic heterocycles. The molecule has 4 heteroatoms. The lowest BCUT2D eigenvalue weighted by atomic mass is 10.0. The van der Waals surface area contributed by atoms with Crippen molar-refractivity contribution in [2.45, 2.75) is 39.2 Å². The number of hydrogen-bond donors (Lipinski definition) is 1. The van der Waals surface area contributed by atoms with Crippen LogP contribution in [-0.4, -0.2) is 17.5 Å². The molecule has 1 saturated heterocycles. The van der Waals surface area contributed by atoms with Crippen molar-refractivity contribution < 1.29 is 4.79 Å². The Balaban J connectivity index is 1.82. The smallest absolute Gasteiger partial charge is 0.317 e. The Morgan fingerprint density at radius 1 is 1.29 bits per heavy atom. The minimum absolute atomic E-state index is 0.0264. The van der Waals surface area contributed by atoms with Crippen LogP contribution in [0.5, 0.6) is 0 Å². The topological polar surface area (TPSA) is 32.3 Å². The van der Waals surface area contributed by atoms with Crippen LogP contribution in [-0.2, 0) is 6.42 Å². The van der Waals surface area contributed by atoms with Gasteiger partial charge in [0.15, 0.2) is 0 Å². The van der Waals surface area contributed by atoms with E-state index < -0.39 is 0 Å². The second-order valence-electron chi connectivity index (χ2n) is 6.30. The van der Waals surface area contributed by atoms with E-state index in [1.807, 2.05) is 48.2 Å². The molecule has 2 amide bonds. The van der Waals surface area contributed by atoms with Gasteiger partial charge in [0, 0.05) is 17.3 Å². The quantitative estimate of drug-likeness (QED) is 0.775. The molecular formula is C20H23ClN2O. The summed E-state index contributed by atoms with van der Waals surface area (Å²) in [6.45, 7) is 4.92. The summed E-state index contributed by atoms with van der Waals surface area (Å²) in [5.74, 6) is 0. The first-order valence-electron chi connectivity index (χ1n) is 8.51. The number of carbonyl (C=O) groups is 1. The summed E-state index contributed by atoms with van der Waals surface area (Å²) in [7, 11) is 0. The summed E-state index contributed by atoms with van der Waals surface area (Å²) in [6.07, 6.45) is 2.89. The number of nitrogens with zero attached hydrogens (tertiary/aromatic N) is 1. The van der Waals surface area contributed by atoms with Crippen molar-refractivity contribution in [1.82, 2.24) is 4.90 Å². The molecule has 24 heavy (non-hydrogen) atoms. The minimum atomic E-state index is -0.0264. The Morgan fingerprint density at radius 2 is 2.08 bits per heavy atom. The predicted molar refractivity (Wildman–Crippen MR) is 99.7 cm³/mol. The van der Waals surface area contributed by atoms with Crippen molar-refractivity contribution in [3.05, 3.63) is 64.2 Å². The number of aryl methyl sites for hydroxylation is 2. The zero-order valence-corrected chi connectivity index (χ0v) is 14.9. The summed E-state index contributed by atoms with van der Waals surface area (Å²) in [5, 5.41) is 3.85. The van der Waals surface area contributed by atoms with Crippen LogP contribution < -0.4 is 5.32 Å². The van der Waals surface area contributed by atoms with Crippen molar-refractivity contribution >= 4 is 23.3 Å². The van der Waals surface area contributed by atoms with Crippen molar-refractivity contribution in [2.24, 2.45) is 0 Å². The van der Waals surface area contributed by atoms with E-state index in [-0.39, 0.29) is 12.1 Å². The van der Waals surface area contributed by atoms with Crippen molar-refractivity contribution in [3.8, 4) is 0 Å². The number of rotatable bonds is 3. The summed E-state index contributed by atoms with van der Waals surface area (Å²) in [5.41, 5.74) is 4.32. The van der Waals surface area contributed by atoms with E-state index in [4.69, 9.17) is 11.6 Å². The van der Waals surface area contributed by atoms with Crippen molar-refractivity contribution in [1.29, 1.82) is 0 Å². The molecule has 126 valence electrons. The standard InChI is InChI=1S/C20H23ClN2O/c1-3-15-8-4-7-14(2)19(15)22-20(24)23-12-6-11-18(23)16-9-5-10-17(21)13-16/h4-5,7-10,13,18H,3,6,11-12H2,1-2H3,(H,22,24). The fourth-order valence-corrected chi connectivity index (χ4v) is 3.65. The van der Waals surface area contributed by atoms with Gasteiger partial charge in [-0.1, -0.05) is 48.9 Å². The summed E-state index contributed by atoms with van der Waals surface area (Å²) >= 11 is 6.12. The van der Waals surface area contributed by atoms with Gasteiger partial charge in [0.25, 0.3) is 0 Å². The molecule has 3 nitrogen and oxygen atoms in total. The average molecular weight is 343 g/mol. The third-order valence-electron chi connectivity index (χ3n) is 4.72. The summed E-state index contributed by atoms with van der Waals surface area (Å²) < 4.78 is 0. The number of carbonyl (C=O) groups excluding carboxylic acids is 1. The summed E-state index contributed by atoms with van der Waals surface area (Å²) in [4.78, 5) is 14.8. The van der Waals surface area contributed by atoms with Gasteiger partial charge in [0.05, 0.1) is 6.04 Å². The second kappa shape index (κ2) is 7.27. The number of benzene rings is 2. The molecule has 0 aliphatic carbocycles. The maximum atomic E-state index is 12.9. The van der Waals surface area contributed by atoms with Gasteiger partial charge in [-0.3, -0.25) is 0 Å². The number of para-hydroxylation sites is 1. The van der Waals surface area contributed by atoms with Crippen LogP contribution in [0.4, 0.5) is 10.5 Å². The third kappa shape index (κ3) is 3.41. The fourth-order valence-electron chi connectivity index (χ4n) is 3.45. The number of urea groups is 1. The molecule has 1 atom stereocenters. The lowest BCUT2D eigenvalue weighted by molar-refractivity contribution is 0.207. The van der Waals surface area contributed by atoms with E-state index in [2.05, 4.69) is 18.3 Å². The van der Waals surface area contributed by atoms with Gasteiger partial charge < -0.3 is 10.2 Å². The van der Waals surface area contributed by atoms with Crippen molar-refractivity contribution in [2.75, 3.05) is 11.9 Å². The number of halogens is 1. The molecule has 2 aromatic carbocycles. The highest BCUT2D eigenvalue weighted by molar-refractivity contribution is 6.30. The van der Waals surface area contributed by atoms with Crippen LogP contribution in [0.3, 0.4) is 0 Å². The molecular weight excluding hydrogens is 320 g/mol. The lowest BCUT2D eigenvalue weighted by Crippen LogP contribution is -2.34. The second-order valence-corrected chi connectivity index (χ2v) is 6.74. The SMILES string of the molecule is CCc1cccc(C)c1NC(=O)N1CCCC1c1cccc(Cl)c1. The van der Waals surface area contributed by atoms with Gasteiger partial charge in [-0.25, -0.2) is 4.79 Å². The van der Waals surface area contributed by atoms with Crippen LogP contribution in [0, 0.1) is 6.92 Å². The number of nitrogens with one attached hydrogen (secondary N) is 1. The lowest BCUT2D eigenvalue weighted by Gasteiger charge is -2.26. The third-order valence-corrected chi connectivity index (χ3v) is 4.95. The highest BCUT2D eigenvalue weighted by Gasteiger charge is 2.30. The monoisotopic (exact) mass is 342 g/mol. The highest BCUT2D eigenvalue weighted by atomic mass is 35.5. The van der Waals surface area contributed by atoms with Crippen molar-refractivity contribution in [3.63, 3.8) is 0 Å². The first-order chi connectivity index (χ1) is 11.6. The van der Waals surface area contributed by atoms with Gasteiger partial charge >= 0.3 is 6.03 Å². The molecule has 1 fully saturated rings. The summed E-state index contributed by atoms with van der Waals surface area (Å²) in [6, 6.07) is 14.0. The molecule has 0 bridgehead atoms.